The molecule has 1 saturated heterocycles. The molecular formula is C17H19N3O2. The monoisotopic (exact) mass is 297 g/mol. The zero-order valence-corrected chi connectivity index (χ0v) is 12.4. The van der Waals surface area contributed by atoms with Crippen molar-refractivity contribution in [3.05, 3.63) is 42.5 Å². The molecule has 1 aromatic rings. The number of rotatable bonds is 4. The van der Waals surface area contributed by atoms with Crippen LogP contribution in [0.1, 0.15) is 18.4 Å². The van der Waals surface area contributed by atoms with Gasteiger partial charge in [-0.15, -0.1) is 0 Å². The van der Waals surface area contributed by atoms with Crippen molar-refractivity contribution in [2.75, 3.05) is 18.4 Å². The Kier molecular flexibility index (Phi) is 5.31. The molecule has 0 bridgehead atoms. The van der Waals surface area contributed by atoms with Gasteiger partial charge in [0.25, 0.3) is 0 Å². The third-order valence-electron chi connectivity index (χ3n) is 3.79. The molecule has 0 unspecified atom stereocenters. The predicted molar refractivity (Wildman–Crippen MR) is 83.9 cm³/mol. The number of hydrogen-bond donors (Lipinski definition) is 1. The third kappa shape index (κ3) is 4.19. The number of nitrogens with zero attached hydrogens (tertiary/aromatic N) is 2. The minimum atomic E-state index is -0.260. The molecule has 0 aliphatic carbocycles. The Balaban J connectivity index is 1.88. The lowest BCUT2D eigenvalue weighted by Gasteiger charge is -2.29. The molecule has 0 saturated carbocycles. The predicted octanol–water partition coefficient (Wildman–Crippen LogP) is 2.12. The Morgan fingerprint density at radius 3 is 2.50 bits per heavy atom. The van der Waals surface area contributed by atoms with Crippen molar-refractivity contribution >= 4 is 17.5 Å². The SMILES string of the molecule is C=CC(=O)Nc1ccc(CC(=O)N2CCC(C#N)CC2)cc1. The fraction of sp³-hybridized carbons (Fsp3) is 0.353. The molecule has 2 rings (SSSR count). The Morgan fingerprint density at radius 2 is 1.95 bits per heavy atom. The van der Waals surface area contributed by atoms with Crippen LogP contribution in [0.4, 0.5) is 5.69 Å². The second-order valence-corrected chi connectivity index (χ2v) is 5.35. The van der Waals surface area contributed by atoms with E-state index in [0.29, 0.717) is 25.2 Å². The number of nitriles is 1. The largest absolute Gasteiger partial charge is 0.342 e. The number of amides is 2. The number of nitrogens with one attached hydrogen (secondary N) is 1. The number of piperidine rings is 1. The van der Waals surface area contributed by atoms with Crippen LogP contribution in [0.2, 0.25) is 0 Å². The number of hydrogen-bond acceptors (Lipinski definition) is 3. The first-order chi connectivity index (χ1) is 10.6. The molecule has 1 fully saturated rings. The highest BCUT2D eigenvalue weighted by Gasteiger charge is 2.22. The van der Waals surface area contributed by atoms with Gasteiger partial charge in [0.2, 0.25) is 11.8 Å². The molecule has 1 N–H and O–H groups in total. The summed E-state index contributed by atoms with van der Waals surface area (Å²) < 4.78 is 0. The molecule has 1 aromatic carbocycles. The average Bonchev–Trinajstić information content (AvgIpc) is 2.56. The number of benzene rings is 1. The maximum atomic E-state index is 12.2. The number of anilines is 1. The third-order valence-corrected chi connectivity index (χ3v) is 3.79. The van der Waals surface area contributed by atoms with Gasteiger partial charge in [0.05, 0.1) is 12.5 Å². The van der Waals surface area contributed by atoms with E-state index >= 15 is 0 Å². The van der Waals surface area contributed by atoms with Gasteiger partial charge < -0.3 is 10.2 Å². The van der Waals surface area contributed by atoms with Gasteiger partial charge >= 0.3 is 0 Å². The van der Waals surface area contributed by atoms with E-state index < -0.39 is 0 Å². The van der Waals surface area contributed by atoms with Crippen molar-refractivity contribution in [1.82, 2.24) is 4.90 Å². The lowest BCUT2D eigenvalue weighted by atomic mass is 9.98. The molecule has 0 radical (unpaired) electrons. The van der Waals surface area contributed by atoms with Gasteiger partial charge in [-0.1, -0.05) is 18.7 Å². The Hall–Kier alpha value is -2.61. The molecule has 0 aromatic heterocycles. The van der Waals surface area contributed by atoms with Crippen molar-refractivity contribution in [2.24, 2.45) is 5.92 Å². The van der Waals surface area contributed by atoms with Crippen LogP contribution in [0.3, 0.4) is 0 Å². The summed E-state index contributed by atoms with van der Waals surface area (Å²) in [4.78, 5) is 25.2. The summed E-state index contributed by atoms with van der Waals surface area (Å²) in [5, 5.41) is 11.5. The first-order valence-corrected chi connectivity index (χ1v) is 7.32. The summed E-state index contributed by atoms with van der Waals surface area (Å²) in [6, 6.07) is 9.46. The molecule has 5 heteroatoms. The van der Waals surface area contributed by atoms with E-state index in [0.717, 1.165) is 18.4 Å². The molecule has 114 valence electrons. The van der Waals surface area contributed by atoms with Crippen LogP contribution in [-0.4, -0.2) is 29.8 Å². The topological polar surface area (TPSA) is 73.2 Å². The summed E-state index contributed by atoms with van der Waals surface area (Å²) in [5.74, 6) is -0.0970. The molecule has 1 heterocycles. The quantitative estimate of drug-likeness (QED) is 0.865. The van der Waals surface area contributed by atoms with Crippen LogP contribution in [-0.2, 0) is 16.0 Å². The molecule has 2 amide bonds. The highest BCUT2D eigenvalue weighted by molar-refractivity contribution is 5.98. The van der Waals surface area contributed by atoms with E-state index in [1.165, 1.54) is 6.08 Å². The maximum absolute atomic E-state index is 12.2. The Bertz CT molecular complexity index is 593. The molecular weight excluding hydrogens is 278 g/mol. The van der Waals surface area contributed by atoms with Crippen LogP contribution in [0.15, 0.2) is 36.9 Å². The van der Waals surface area contributed by atoms with E-state index in [4.69, 9.17) is 5.26 Å². The molecule has 5 nitrogen and oxygen atoms in total. The molecule has 22 heavy (non-hydrogen) atoms. The van der Waals surface area contributed by atoms with Crippen molar-refractivity contribution < 1.29 is 9.59 Å². The number of carbonyl (C=O) groups is 2. The van der Waals surface area contributed by atoms with E-state index in [9.17, 15) is 9.59 Å². The molecule has 0 spiro atoms. The fourth-order valence-electron chi connectivity index (χ4n) is 2.44. The standard InChI is InChI=1S/C17H19N3O2/c1-2-16(21)19-15-5-3-13(4-6-15)11-17(22)20-9-7-14(12-18)8-10-20/h2-6,14H,1,7-11H2,(H,19,21). The normalized spacial score (nSPS) is 15.0. The van der Waals surface area contributed by atoms with Crippen LogP contribution < -0.4 is 5.32 Å². The first kappa shape index (κ1) is 15.8. The summed E-state index contributed by atoms with van der Waals surface area (Å²) in [6.45, 7) is 4.71. The first-order valence-electron chi connectivity index (χ1n) is 7.32. The van der Waals surface area contributed by atoms with Gasteiger partial charge in [0, 0.05) is 24.7 Å². The second-order valence-electron chi connectivity index (χ2n) is 5.35. The number of likely N-dealkylation sites (tertiary alicyclic amines) is 1. The van der Waals surface area contributed by atoms with Crippen LogP contribution in [0.25, 0.3) is 0 Å². The van der Waals surface area contributed by atoms with Gasteiger partial charge in [0.15, 0.2) is 0 Å². The van der Waals surface area contributed by atoms with E-state index in [1.807, 2.05) is 17.0 Å². The molecule has 1 aliphatic rings. The zero-order chi connectivity index (χ0) is 15.9. The summed E-state index contributed by atoms with van der Waals surface area (Å²) >= 11 is 0. The Morgan fingerprint density at radius 1 is 1.32 bits per heavy atom. The summed E-state index contributed by atoms with van der Waals surface area (Å²) in [7, 11) is 0. The highest BCUT2D eigenvalue weighted by Crippen LogP contribution is 2.17. The van der Waals surface area contributed by atoms with Gasteiger partial charge in [0.1, 0.15) is 0 Å². The lowest BCUT2D eigenvalue weighted by molar-refractivity contribution is -0.131. The number of carbonyl (C=O) groups excluding carboxylic acids is 2. The smallest absolute Gasteiger partial charge is 0.247 e. The van der Waals surface area contributed by atoms with E-state index in [1.54, 1.807) is 12.1 Å². The van der Waals surface area contributed by atoms with Crippen molar-refractivity contribution in [1.29, 1.82) is 5.26 Å². The molecule has 1 aliphatic heterocycles. The summed E-state index contributed by atoms with van der Waals surface area (Å²) in [5.41, 5.74) is 1.58. The second kappa shape index (κ2) is 7.41. The summed E-state index contributed by atoms with van der Waals surface area (Å²) in [6.07, 6.45) is 3.07. The fourth-order valence-corrected chi connectivity index (χ4v) is 2.44. The minimum Gasteiger partial charge on any atom is -0.342 e. The van der Waals surface area contributed by atoms with Gasteiger partial charge in [-0.3, -0.25) is 9.59 Å². The van der Waals surface area contributed by atoms with E-state index in [-0.39, 0.29) is 17.7 Å². The maximum Gasteiger partial charge on any atom is 0.247 e. The van der Waals surface area contributed by atoms with Crippen LogP contribution in [0.5, 0.6) is 0 Å². The van der Waals surface area contributed by atoms with Gasteiger partial charge in [-0.05, 0) is 36.6 Å². The van der Waals surface area contributed by atoms with Gasteiger partial charge in [-0.25, -0.2) is 0 Å². The zero-order valence-electron chi connectivity index (χ0n) is 12.4. The molecule has 0 atom stereocenters. The van der Waals surface area contributed by atoms with Gasteiger partial charge in [-0.2, -0.15) is 5.26 Å². The van der Waals surface area contributed by atoms with Crippen LogP contribution >= 0.6 is 0 Å². The Labute approximate surface area is 130 Å². The van der Waals surface area contributed by atoms with Crippen LogP contribution in [0, 0.1) is 17.2 Å². The van der Waals surface area contributed by atoms with Crippen molar-refractivity contribution in [2.45, 2.75) is 19.3 Å². The minimum absolute atomic E-state index is 0.0804. The van der Waals surface area contributed by atoms with Crippen molar-refractivity contribution in [3.8, 4) is 6.07 Å². The average molecular weight is 297 g/mol. The lowest BCUT2D eigenvalue weighted by Crippen LogP contribution is -2.39. The highest BCUT2D eigenvalue weighted by atomic mass is 16.2. The van der Waals surface area contributed by atoms with E-state index in [2.05, 4.69) is 18.0 Å². The van der Waals surface area contributed by atoms with Crippen molar-refractivity contribution in [3.63, 3.8) is 0 Å².